The van der Waals surface area contributed by atoms with E-state index in [0.29, 0.717) is 22.3 Å². The molecule has 9 heteroatoms. The van der Waals surface area contributed by atoms with Crippen LogP contribution in [0, 0.1) is 13.8 Å². The lowest BCUT2D eigenvalue weighted by Crippen LogP contribution is -2.35. The quantitative estimate of drug-likeness (QED) is 0.258. The van der Waals surface area contributed by atoms with Crippen LogP contribution < -0.4 is 4.74 Å². The average molecular weight is 454 g/mol. The molecule has 1 heterocycles. The van der Waals surface area contributed by atoms with Crippen LogP contribution in [0.4, 0.5) is 0 Å². The summed E-state index contributed by atoms with van der Waals surface area (Å²) in [7, 11) is 0. The number of rotatable bonds is 3. The summed E-state index contributed by atoms with van der Waals surface area (Å²) in [4.78, 5) is 12.8. The molecule has 1 aliphatic rings. The number of carbonyl (C=O) groups excluding carboxylic acids is 1. The third-order valence-corrected chi connectivity index (χ3v) is 5.57. The predicted molar refractivity (Wildman–Crippen MR) is 115 cm³/mol. The van der Waals surface area contributed by atoms with E-state index in [0.717, 1.165) is 18.2 Å². The Labute approximate surface area is 188 Å². The van der Waals surface area contributed by atoms with E-state index >= 15 is 0 Å². The molecule has 3 aromatic carbocycles. The molecular formula is C24H22O9. The molecule has 0 amide bonds. The molecule has 172 valence electrons. The Morgan fingerprint density at radius 3 is 2.06 bits per heavy atom. The van der Waals surface area contributed by atoms with Gasteiger partial charge < -0.3 is 40.1 Å². The van der Waals surface area contributed by atoms with Crippen LogP contribution >= 0.6 is 0 Å². The van der Waals surface area contributed by atoms with E-state index in [2.05, 4.69) is 0 Å². The topological polar surface area (TPSA) is 157 Å². The maximum absolute atomic E-state index is 12.8. The van der Waals surface area contributed by atoms with E-state index in [1.807, 2.05) is 0 Å². The summed E-state index contributed by atoms with van der Waals surface area (Å²) in [5, 5.41) is 59.2. The third kappa shape index (κ3) is 4.00. The number of ether oxygens (including phenoxy) is 2. The van der Waals surface area contributed by atoms with Crippen molar-refractivity contribution in [2.24, 2.45) is 0 Å². The van der Waals surface area contributed by atoms with Crippen LogP contribution in [0.3, 0.4) is 0 Å². The molecule has 33 heavy (non-hydrogen) atoms. The predicted octanol–water partition coefficient (Wildman–Crippen LogP) is 3.44. The highest BCUT2D eigenvalue weighted by molar-refractivity contribution is 5.91. The first-order valence-corrected chi connectivity index (χ1v) is 10.0. The van der Waals surface area contributed by atoms with Gasteiger partial charge in [-0.25, -0.2) is 4.79 Å². The van der Waals surface area contributed by atoms with Gasteiger partial charge >= 0.3 is 5.97 Å². The van der Waals surface area contributed by atoms with Crippen LogP contribution in [0.2, 0.25) is 0 Å². The van der Waals surface area contributed by atoms with Gasteiger partial charge in [-0.15, -0.1) is 0 Å². The molecule has 2 unspecified atom stereocenters. The van der Waals surface area contributed by atoms with Crippen LogP contribution in [-0.4, -0.2) is 42.7 Å². The molecule has 1 aliphatic heterocycles. The molecular weight excluding hydrogens is 432 g/mol. The van der Waals surface area contributed by atoms with E-state index in [9.17, 15) is 35.4 Å². The van der Waals surface area contributed by atoms with Crippen molar-refractivity contribution in [2.45, 2.75) is 32.5 Å². The summed E-state index contributed by atoms with van der Waals surface area (Å²) in [6.45, 7) is 3.42. The molecule has 9 nitrogen and oxygen atoms in total. The molecule has 0 spiro atoms. The molecule has 0 aromatic heterocycles. The fourth-order valence-electron chi connectivity index (χ4n) is 3.92. The summed E-state index contributed by atoms with van der Waals surface area (Å²) in [6.07, 6.45) is -1.78. The molecule has 3 aromatic rings. The Hall–Kier alpha value is -4.27. The average Bonchev–Trinajstić information content (AvgIpc) is 2.75. The van der Waals surface area contributed by atoms with E-state index in [-0.39, 0.29) is 35.0 Å². The van der Waals surface area contributed by atoms with Crippen molar-refractivity contribution in [1.29, 1.82) is 0 Å². The number of phenolic OH excluding ortho intramolecular Hbond substituents is 6. The van der Waals surface area contributed by atoms with Crippen molar-refractivity contribution in [3.05, 3.63) is 64.2 Å². The normalized spacial score (nSPS) is 17.2. The number of aryl methyl sites for hydroxylation is 2. The van der Waals surface area contributed by atoms with E-state index in [4.69, 9.17) is 9.47 Å². The third-order valence-electron chi connectivity index (χ3n) is 5.57. The van der Waals surface area contributed by atoms with Gasteiger partial charge in [0.2, 0.25) is 0 Å². The smallest absolute Gasteiger partial charge is 0.338 e. The minimum atomic E-state index is -0.957. The molecule has 4 rings (SSSR count). The number of carbonyl (C=O) groups is 1. The summed E-state index contributed by atoms with van der Waals surface area (Å²) in [6, 6.07) is 7.75. The molecule has 0 aliphatic carbocycles. The standard InChI is InChI=1S/C24H22O9/c1-10-3-12(4-11(2)21(10)29)23-20(9-15-16(26)7-14(25)8-19(15)32-23)33-24(31)13-5-17(27)22(30)18(28)6-13/h3-8,20,23,25-30H,9H2,1-2H3. The first-order valence-electron chi connectivity index (χ1n) is 10.0. The first kappa shape index (κ1) is 21.9. The highest BCUT2D eigenvalue weighted by Crippen LogP contribution is 2.44. The van der Waals surface area contributed by atoms with Crippen molar-refractivity contribution in [3.8, 4) is 40.2 Å². The highest BCUT2D eigenvalue weighted by atomic mass is 16.6. The zero-order valence-electron chi connectivity index (χ0n) is 17.7. The maximum Gasteiger partial charge on any atom is 0.338 e. The number of hydrogen-bond acceptors (Lipinski definition) is 9. The van der Waals surface area contributed by atoms with Gasteiger partial charge in [-0.3, -0.25) is 0 Å². The van der Waals surface area contributed by atoms with E-state index in [1.165, 1.54) is 6.07 Å². The fraction of sp³-hybridized carbons (Fsp3) is 0.208. The van der Waals surface area contributed by atoms with Crippen LogP contribution in [0.25, 0.3) is 0 Å². The van der Waals surface area contributed by atoms with Gasteiger partial charge in [0.15, 0.2) is 23.4 Å². The van der Waals surface area contributed by atoms with Crippen LogP contribution in [0.15, 0.2) is 36.4 Å². The molecule has 2 atom stereocenters. The lowest BCUT2D eigenvalue weighted by Gasteiger charge is -2.34. The monoisotopic (exact) mass is 454 g/mol. The van der Waals surface area contributed by atoms with Crippen LogP contribution in [0.1, 0.15) is 38.7 Å². The number of aromatic hydroxyl groups is 6. The van der Waals surface area contributed by atoms with E-state index in [1.54, 1.807) is 26.0 Å². The van der Waals surface area contributed by atoms with Crippen molar-refractivity contribution in [2.75, 3.05) is 0 Å². The van der Waals surface area contributed by atoms with Gasteiger partial charge in [-0.2, -0.15) is 0 Å². The summed E-state index contributed by atoms with van der Waals surface area (Å²) in [5.41, 5.74) is 1.87. The number of hydrogen-bond donors (Lipinski definition) is 6. The molecule has 6 N–H and O–H groups in total. The van der Waals surface area contributed by atoms with Crippen molar-refractivity contribution < 1.29 is 44.9 Å². The van der Waals surface area contributed by atoms with Gasteiger partial charge in [-0.05, 0) is 54.8 Å². The van der Waals surface area contributed by atoms with Crippen molar-refractivity contribution >= 4 is 5.97 Å². The molecule has 0 saturated heterocycles. The second-order valence-corrected chi connectivity index (χ2v) is 7.99. The van der Waals surface area contributed by atoms with Crippen molar-refractivity contribution in [1.82, 2.24) is 0 Å². The van der Waals surface area contributed by atoms with Crippen LogP contribution in [-0.2, 0) is 11.2 Å². The Morgan fingerprint density at radius 2 is 1.45 bits per heavy atom. The highest BCUT2D eigenvalue weighted by Gasteiger charge is 2.37. The van der Waals surface area contributed by atoms with Gasteiger partial charge in [0, 0.05) is 24.1 Å². The van der Waals surface area contributed by atoms with Gasteiger partial charge in [-0.1, -0.05) is 0 Å². The summed E-state index contributed by atoms with van der Waals surface area (Å²) in [5.74, 6) is -3.16. The molecule has 0 radical (unpaired) electrons. The van der Waals surface area contributed by atoms with Gasteiger partial charge in [0.05, 0.1) is 5.56 Å². The maximum atomic E-state index is 12.8. The number of fused-ring (bicyclic) bond motifs is 1. The second-order valence-electron chi connectivity index (χ2n) is 7.99. The summed E-state index contributed by atoms with van der Waals surface area (Å²) < 4.78 is 11.7. The Morgan fingerprint density at radius 1 is 0.848 bits per heavy atom. The minimum absolute atomic E-state index is 0.0346. The largest absolute Gasteiger partial charge is 0.508 e. The number of esters is 1. The van der Waals surface area contributed by atoms with Crippen molar-refractivity contribution in [3.63, 3.8) is 0 Å². The number of benzene rings is 3. The van der Waals surface area contributed by atoms with Gasteiger partial charge in [0.25, 0.3) is 0 Å². The zero-order chi connectivity index (χ0) is 24.0. The van der Waals surface area contributed by atoms with Gasteiger partial charge in [0.1, 0.15) is 29.1 Å². The Bertz CT molecular complexity index is 1220. The zero-order valence-corrected chi connectivity index (χ0v) is 17.7. The van der Waals surface area contributed by atoms with E-state index < -0.39 is 35.4 Å². The molecule has 0 bridgehead atoms. The Kier molecular flexibility index (Phi) is 5.33. The Balaban J connectivity index is 1.75. The first-order chi connectivity index (χ1) is 15.5. The second kappa shape index (κ2) is 8.01. The van der Waals surface area contributed by atoms with Crippen LogP contribution in [0.5, 0.6) is 40.2 Å². The fourth-order valence-corrected chi connectivity index (χ4v) is 3.92. The summed E-state index contributed by atoms with van der Waals surface area (Å²) >= 11 is 0. The lowest BCUT2D eigenvalue weighted by atomic mass is 9.92. The molecule has 0 saturated carbocycles. The SMILES string of the molecule is Cc1cc(C2Oc3cc(O)cc(O)c3CC2OC(=O)c2cc(O)c(O)c(O)c2)cc(C)c1O. The lowest BCUT2D eigenvalue weighted by molar-refractivity contribution is -0.0188. The molecule has 0 fully saturated rings. The minimum Gasteiger partial charge on any atom is -0.508 e. The number of phenols is 6.